The maximum Gasteiger partial charge on any atom is 0.307 e. The number of aromatic nitrogens is 2. The zero-order valence-electron chi connectivity index (χ0n) is 20.6. The van der Waals surface area contributed by atoms with Crippen LogP contribution in [0.5, 0.6) is 5.75 Å². The smallest absolute Gasteiger partial charge is 0.307 e. The Kier molecular flexibility index (Phi) is 6.56. The molecule has 0 saturated heterocycles. The second-order valence-corrected chi connectivity index (χ2v) is 10.7. The summed E-state index contributed by atoms with van der Waals surface area (Å²) in [6.07, 6.45) is 2.80. The minimum atomic E-state index is -1.07. The quantitative estimate of drug-likeness (QED) is 0.403. The van der Waals surface area contributed by atoms with Gasteiger partial charge in [-0.2, -0.15) is 0 Å². The van der Waals surface area contributed by atoms with Gasteiger partial charge in [0.25, 0.3) is 0 Å². The van der Waals surface area contributed by atoms with E-state index in [1.807, 2.05) is 38.1 Å². The lowest BCUT2D eigenvalue weighted by Crippen LogP contribution is -2.29. The molecule has 6 nitrogen and oxygen atoms in total. The van der Waals surface area contributed by atoms with Crippen LogP contribution in [0.1, 0.15) is 65.5 Å². The van der Waals surface area contributed by atoms with E-state index in [2.05, 4.69) is 30.7 Å². The first kappa shape index (κ1) is 24.0. The minimum Gasteiger partial charge on any atom is -0.491 e. The zero-order chi connectivity index (χ0) is 24.6. The van der Waals surface area contributed by atoms with Gasteiger partial charge in [0.1, 0.15) is 11.6 Å². The van der Waals surface area contributed by atoms with Crippen molar-refractivity contribution in [2.75, 3.05) is 5.32 Å². The molecule has 0 radical (unpaired) electrons. The maximum atomic E-state index is 14.9. The van der Waals surface area contributed by atoms with Gasteiger partial charge >= 0.3 is 5.97 Å². The van der Waals surface area contributed by atoms with Crippen LogP contribution in [0.25, 0.3) is 11.0 Å². The van der Waals surface area contributed by atoms with E-state index in [1.54, 1.807) is 6.07 Å². The number of nitrogens with zero attached hydrogens (tertiary/aromatic N) is 2. The predicted octanol–water partition coefficient (Wildman–Crippen LogP) is 6.72. The fraction of sp³-hybridized carbons (Fsp3) is 0.481. The number of nitrogens with one attached hydrogen (secondary N) is 1. The van der Waals surface area contributed by atoms with Gasteiger partial charge in [-0.15, -0.1) is 0 Å². The van der Waals surface area contributed by atoms with Gasteiger partial charge in [0.15, 0.2) is 0 Å². The molecule has 2 aromatic carbocycles. The number of carboxylic acids is 1. The van der Waals surface area contributed by atoms with Crippen LogP contribution in [0.3, 0.4) is 0 Å². The number of hydrogen-bond acceptors (Lipinski definition) is 4. The highest BCUT2D eigenvalue weighted by atomic mass is 19.1. The molecule has 0 bridgehead atoms. The molecule has 3 aromatic rings. The third kappa shape index (κ3) is 5.34. The highest BCUT2D eigenvalue weighted by molar-refractivity contribution is 5.82. The molecule has 7 heteroatoms. The standard InChI is InChI=1S/C27H34FN3O3/c1-16(2)34-21-8-6-19(7-9-21)29-26-30-23-11-18(12-25(32)33)22(28)13-24(23)31(26)20-10-17(3)14-27(4,5)15-20/h6-9,11,13,16-17,20H,10,12,14-15H2,1-5H3,(H,29,30)(H,32,33). The Bertz CT molecular complexity index is 1180. The number of imidazole rings is 1. The van der Waals surface area contributed by atoms with E-state index in [4.69, 9.17) is 9.72 Å². The molecule has 182 valence electrons. The van der Waals surface area contributed by atoms with Crippen LogP contribution in [-0.2, 0) is 11.2 Å². The molecule has 0 aliphatic heterocycles. The van der Waals surface area contributed by atoms with Crippen LogP contribution in [0.15, 0.2) is 36.4 Å². The van der Waals surface area contributed by atoms with Crippen LogP contribution < -0.4 is 10.1 Å². The van der Waals surface area contributed by atoms with Gasteiger partial charge in [-0.25, -0.2) is 9.37 Å². The largest absolute Gasteiger partial charge is 0.491 e. The average molecular weight is 468 g/mol. The second-order valence-electron chi connectivity index (χ2n) is 10.7. The molecule has 2 N–H and O–H groups in total. The van der Waals surface area contributed by atoms with E-state index < -0.39 is 11.8 Å². The summed E-state index contributed by atoms with van der Waals surface area (Å²) in [5.41, 5.74) is 2.43. The van der Waals surface area contributed by atoms with Crippen molar-refractivity contribution in [3.8, 4) is 5.75 Å². The topological polar surface area (TPSA) is 76.4 Å². The molecule has 4 rings (SSSR count). The normalized spacial score (nSPS) is 20.0. The highest BCUT2D eigenvalue weighted by Crippen LogP contribution is 2.46. The number of benzene rings is 2. The summed E-state index contributed by atoms with van der Waals surface area (Å²) in [4.78, 5) is 16.0. The maximum absolute atomic E-state index is 14.9. The molecular weight excluding hydrogens is 433 g/mol. The molecule has 1 aliphatic rings. The van der Waals surface area contributed by atoms with Crippen molar-refractivity contribution in [3.05, 3.63) is 47.8 Å². The van der Waals surface area contributed by atoms with Crippen LogP contribution in [0.2, 0.25) is 0 Å². The van der Waals surface area contributed by atoms with Gasteiger partial charge in [-0.3, -0.25) is 4.79 Å². The summed E-state index contributed by atoms with van der Waals surface area (Å²) in [6, 6.07) is 10.8. The van der Waals surface area contributed by atoms with Crippen molar-refractivity contribution in [1.29, 1.82) is 0 Å². The first-order chi connectivity index (χ1) is 16.0. The molecule has 1 saturated carbocycles. The molecular formula is C27H34FN3O3. The first-order valence-electron chi connectivity index (χ1n) is 12.0. The summed E-state index contributed by atoms with van der Waals surface area (Å²) in [5, 5.41) is 12.6. The first-order valence-corrected chi connectivity index (χ1v) is 12.0. The Morgan fingerprint density at radius 1 is 1.26 bits per heavy atom. The number of carboxylic acid groups (broad SMARTS) is 1. The van der Waals surface area contributed by atoms with Crippen molar-refractivity contribution < 1.29 is 19.0 Å². The highest BCUT2D eigenvalue weighted by Gasteiger charge is 2.35. The van der Waals surface area contributed by atoms with Gasteiger partial charge in [-0.05, 0) is 74.8 Å². The van der Waals surface area contributed by atoms with Crippen LogP contribution in [0.4, 0.5) is 16.0 Å². The van der Waals surface area contributed by atoms with Gasteiger partial charge < -0.3 is 19.7 Å². The van der Waals surface area contributed by atoms with E-state index >= 15 is 0 Å². The number of ether oxygens (including phenoxy) is 1. The number of rotatable bonds is 7. The number of anilines is 2. The summed E-state index contributed by atoms with van der Waals surface area (Å²) in [5.74, 6) is 0.373. The number of fused-ring (bicyclic) bond motifs is 1. The van der Waals surface area contributed by atoms with E-state index in [0.29, 0.717) is 22.9 Å². The molecule has 2 atom stereocenters. The minimum absolute atomic E-state index is 0.0922. The number of hydrogen-bond donors (Lipinski definition) is 2. The van der Waals surface area contributed by atoms with E-state index in [0.717, 1.165) is 30.7 Å². The van der Waals surface area contributed by atoms with Crippen LogP contribution in [0, 0.1) is 17.2 Å². The Morgan fingerprint density at radius 2 is 1.97 bits per heavy atom. The van der Waals surface area contributed by atoms with Gasteiger partial charge in [0.05, 0.1) is 23.6 Å². The summed E-state index contributed by atoms with van der Waals surface area (Å²) >= 11 is 0. The summed E-state index contributed by atoms with van der Waals surface area (Å²) < 4.78 is 22.8. The third-order valence-corrected chi connectivity index (χ3v) is 6.41. The van der Waals surface area contributed by atoms with Crippen molar-refractivity contribution >= 4 is 28.6 Å². The van der Waals surface area contributed by atoms with E-state index in [1.165, 1.54) is 6.07 Å². The zero-order valence-corrected chi connectivity index (χ0v) is 20.6. The average Bonchev–Trinajstić information content (AvgIpc) is 3.04. The Balaban J connectivity index is 1.77. The fourth-order valence-corrected chi connectivity index (χ4v) is 5.43. The molecule has 0 spiro atoms. The lowest BCUT2D eigenvalue weighted by molar-refractivity contribution is -0.136. The van der Waals surface area contributed by atoms with E-state index in [9.17, 15) is 14.3 Å². The number of halogens is 1. The molecule has 1 fully saturated rings. The van der Waals surface area contributed by atoms with Crippen molar-refractivity contribution in [2.24, 2.45) is 11.3 Å². The third-order valence-electron chi connectivity index (χ3n) is 6.41. The lowest BCUT2D eigenvalue weighted by Gasteiger charge is -2.40. The molecule has 2 unspecified atom stereocenters. The fourth-order valence-electron chi connectivity index (χ4n) is 5.43. The monoisotopic (exact) mass is 467 g/mol. The SMILES string of the molecule is CC1CC(n2c(Nc3ccc(OC(C)C)cc3)nc3cc(CC(=O)O)c(F)cc32)CC(C)(C)C1. The Morgan fingerprint density at radius 3 is 2.59 bits per heavy atom. The molecule has 34 heavy (non-hydrogen) atoms. The molecule has 1 heterocycles. The van der Waals surface area contributed by atoms with Gasteiger partial charge in [0, 0.05) is 23.4 Å². The summed E-state index contributed by atoms with van der Waals surface area (Å²) in [6.45, 7) is 10.8. The Labute approximate surface area is 200 Å². The van der Waals surface area contributed by atoms with Crippen molar-refractivity contribution in [2.45, 2.75) is 72.4 Å². The lowest BCUT2D eigenvalue weighted by atomic mass is 9.70. The molecule has 0 amide bonds. The molecule has 1 aliphatic carbocycles. The number of carbonyl (C=O) groups is 1. The van der Waals surface area contributed by atoms with Gasteiger partial charge in [-0.1, -0.05) is 20.8 Å². The summed E-state index contributed by atoms with van der Waals surface area (Å²) in [7, 11) is 0. The van der Waals surface area contributed by atoms with Crippen molar-refractivity contribution in [3.63, 3.8) is 0 Å². The Hall–Kier alpha value is -3.09. The van der Waals surface area contributed by atoms with Crippen LogP contribution >= 0.6 is 0 Å². The van der Waals surface area contributed by atoms with Crippen LogP contribution in [-0.4, -0.2) is 26.7 Å². The predicted molar refractivity (Wildman–Crippen MR) is 132 cm³/mol. The second kappa shape index (κ2) is 9.28. The molecule has 1 aromatic heterocycles. The van der Waals surface area contributed by atoms with Crippen molar-refractivity contribution in [1.82, 2.24) is 9.55 Å². The van der Waals surface area contributed by atoms with E-state index in [-0.39, 0.29) is 29.5 Å². The number of aliphatic carboxylic acids is 1. The van der Waals surface area contributed by atoms with Gasteiger partial charge in [0.2, 0.25) is 5.95 Å².